The summed E-state index contributed by atoms with van der Waals surface area (Å²) < 4.78 is 0. The molecule has 2 aromatic carbocycles. The maximum Gasteiger partial charge on any atom is 0.191 e. The molecule has 1 unspecified atom stereocenters. The van der Waals surface area contributed by atoms with Crippen LogP contribution in [0.1, 0.15) is 25.0 Å². The van der Waals surface area contributed by atoms with Crippen LogP contribution in [0.3, 0.4) is 0 Å². The monoisotopic (exact) mass is 354 g/mol. The lowest BCUT2D eigenvalue weighted by Crippen LogP contribution is -2.44. The third-order valence-corrected chi connectivity index (χ3v) is 4.19. The molecule has 140 valence electrons. The zero-order valence-electron chi connectivity index (χ0n) is 16.2. The molecule has 0 radical (unpaired) electrons. The molecule has 0 aliphatic rings. The lowest BCUT2D eigenvalue weighted by atomic mass is 9.96. The molecule has 0 amide bonds. The van der Waals surface area contributed by atoms with Gasteiger partial charge in [0.15, 0.2) is 5.96 Å². The third kappa shape index (κ3) is 5.77. The molecule has 0 heterocycles. The molecule has 2 rings (SSSR count). The van der Waals surface area contributed by atoms with Gasteiger partial charge in [0.25, 0.3) is 0 Å². The Morgan fingerprint density at radius 3 is 2.46 bits per heavy atom. The fourth-order valence-electron chi connectivity index (χ4n) is 2.60. The molecule has 5 heteroatoms. The summed E-state index contributed by atoms with van der Waals surface area (Å²) >= 11 is 0. The molecule has 1 atom stereocenters. The zero-order valence-corrected chi connectivity index (χ0v) is 16.2. The van der Waals surface area contributed by atoms with Crippen molar-refractivity contribution in [1.82, 2.24) is 10.6 Å². The van der Waals surface area contributed by atoms with E-state index in [1.54, 1.807) is 6.92 Å². The summed E-state index contributed by atoms with van der Waals surface area (Å²) in [6.07, 6.45) is 0. The van der Waals surface area contributed by atoms with Crippen LogP contribution in [0.4, 0.5) is 5.69 Å². The van der Waals surface area contributed by atoms with Gasteiger partial charge in [-0.15, -0.1) is 0 Å². The van der Waals surface area contributed by atoms with E-state index in [1.165, 1.54) is 0 Å². The van der Waals surface area contributed by atoms with Gasteiger partial charge in [0.1, 0.15) is 5.60 Å². The maximum atomic E-state index is 10.7. The van der Waals surface area contributed by atoms with Crippen molar-refractivity contribution < 1.29 is 5.11 Å². The standard InChI is InChI=1S/C21H30N4O/c1-5-22-20(23-15-17-10-9-13-19(14-17)25(3)4)24-16-21(2,26)18-11-7-6-8-12-18/h6-14,26H,5,15-16H2,1-4H3,(H2,22,23,24). The number of rotatable bonds is 7. The van der Waals surface area contributed by atoms with Gasteiger partial charge in [-0.05, 0) is 37.1 Å². The molecule has 3 N–H and O–H groups in total. The first kappa shape index (κ1) is 19.8. The fourth-order valence-corrected chi connectivity index (χ4v) is 2.60. The minimum absolute atomic E-state index is 0.376. The number of benzene rings is 2. The fraction of sp³-hybridized carbons (Fsp3) is 0.381. The van der Waals surface area contributed by atoms with Crippen LogP contribution >= 0.6 is 0 Å². The number of anilines is 1. The number of aliphatic hydroxyl groups is 1. The van der Waals surface area contributed by atoms with Crippen molar-refractivity contribution in [2.75, 3.05) is 32.1 Å². The number of aliphatic imine (C=N–C) groups is 1. The Morgan fingerprint density at radius 2 is 1.81 bits per heavy atom. The summed E-state index contributed by atoms with van der Waals surface area (Å²) in [6, 6.07) is 18.0. The number of nitrogens with one attached hydrogen (secondary N) is 2. The smallest absolute Gasteiger partial charge is 0.191 e. The molecule has 26 heavy (non-hydrogen) atoms. The van der Waals surface area contributed by atoms with Crippen LogP contribution in [0.25, 0.3) is 0 Å². The normalized spacial score (nSPS) is 13.8. The van der Waals surface area contributed by atoms with E-state index in [1.807, 2.05) is 57.4 Å². The van der Waals surface area contributed by atoms with E-state index in [-0.39, 0.29) is 0 Å². The molecule has 0 saturated carbocycles. The molecule has 0 spiro atoms. The molecular weight excluding hydrogens is 324 g/mol. The highest BCUT2D eigenvalue weighted by atomic mass is 16.3. The molecule has 0 aliphatic carbocycles. The SMILES string of the molecule is CCNC(=NCc1cccc(N(C)C)c1)NCC(C)(O)c1ccccc1. The van der Waals surface area contributed by atoms with E-state index in [0.29, 0.717) is 19.0 Å². The minimum Gasteiger partial charge on any atom is -0.384 e. The number of guanidine groups is 1. The summed E-state index contributed by atoms with van der Waals surface area (Å²) in [4.78, 5) is 6.72. The lowest BCUT2D eigenvalue weighted by molar-refractivity contribution is 0.0617. The van der Waals surface area contributed by atoms with E-state index in [9.17, 15) is 5.11 Å². The summed E-state index contributed by atoms with van der Waals surface area (Å²) in [7, 11) is 4.05. The maximum absolute atomic E-state index is 10.7. The van der Waals surface area contributed by atoms with Gasteiger partial charge in [0.05, 0.1) is 13.1 Å². The number of nitrogens with zero attached hydrogens (tertiary/aromatic N) is 2. The summed E-state index contributed by atoms with van der Waals surface area (Å²) in [6.45, 7) is 5.54. The van der Waals surface area contributed by atoms with Gasteiger partial charge < -0.3 is 20.6 Å². The van der Waals surface area contributed by atoms with Gasteiger partial charge in [-0.3, -0.25) is 0 Å². The Kier molecular flexibility index (Phi) is 7.04. The van der Waals surface area contributed by atoms with E-state index < -0.39 is 5.60 Å². The van der Waals surface area contributed by atoms with Crippen molar-refractivity contribution in [3.05, 3.63) is 65.7 Å². The lowest BCUT2D eigenvalue weighted by Gasteiger charge is -2.25. The van der Waals surface area contributed by atoms with Crippen molar-refractivity contribution in [1.29, 1.82) is 0 Å². The summed E-state index contributed by atoms with van der Waals surface area (Å²) in [5.74, 6) is 0.693. The molecule has 0 aromatic heterocycles. The molecule has 0 fully saturated rings. The Hall–Kier alpha value is -2.53. The first-order valence-electron chi connectivity index (χ1n) is 8.98. The highest BCUT2D eigenvalue weighted by Gasteiger charge is 2.22. The number of hydrogen-bond donors (Lipinski definition) is 3. The minimum atomic E-state index is -0.970. The predicted octanol–water partition coefficient (Wildman–Crippen LogP) is 2.72. The zero-order chi connectivity index (χ0) is 19.0. The van der Waals surface area contributed by atoms with Gasteiger partial charge >= 0.3 is 0 Å². The second-order valence-corrected chi connectivity index (χ2v) is 6.75. The van der Waals surface area contributed by atoms with Crippen molar-refractivity contribution >= 4 is 11.6 Å². The Balaban J connectivity index is 2.04. The van der Waals surface area contributed by atoms with Crippen LogP contribution in [0.15, 0.2) is 59.6 Å². The second-order valence-electron chi connectivity index (χ2n) is 6.75. The van der Waals surface area contributed by atoms with Gasteiger partial charge in [0.2, 0.25) is 0 Å². The van der Waals surface area contributed by atoms with Crippen LogP contribution in [-0.4, -0.2) is 38.3 Å². The Morgan fingerprint density at radius 1 is 1.08 bits per heavy atom. The van der Waals surface area contributed by atoms with Crippen molar-refractivity contribution in [3.63, 3.8) is 0 Å². The predicted molar refractivity (Wildman–Crippen MR) is 110 cm³/mol. The largest absolute Gasteiger partial charge is 0.384 e. The molecule has 5 nitrogen and oxygen atoms in total. The Bertz CT molecular complexity index is 711. The van der Waals surface area contributed by atoms with E-state index >= 15 is 0 Å². The topological polar surface area (TPSA) is 59.9 Å². The second kappa shape index (κ2) is 9.25. The van der Waals surface area contributed by atoms with Crippen molar-refractivity contribution in [2.45, 2.75) is 26.0 Å². The summed E-state index contributed by atoms with van der Waals surface area (Å²) in [5.41, 5.74) is 2.20. The molecule has 0 bridgehead atoms. The first-order valence-corrected chi connectivity index (χ1v) is 8.98. The van der Waals surface area contributed by atoms with E-state index in [2.05, 4.69) is 38.7 Å². The molecular formula is C21H30N4O. The van der Waals surface area contributed by atoms with Crippen LogP contribution in [0, 0.1) is 0 Å². The van der Waals surface area contributed by atoms with Crippen LogP contribution < -0.4 is 15.5 Å². The van der Waals surface area contributed by atoms with Crippen molar-refractivity contribution in [2.24, 2.45) is 4.99 Å². The first-order chi connectivity index (χ1) is 12.4. The van der Waals surface area contributed by atoms with Crippen LogP contribution in [0.2, 0.25) is 0 Å². The average Bonchev–Trinajstić information content (AvgIpc) is 2.65. The molecule has 0 aliphatic heterocycles. The highest BCUT2D eigenvalue weighted by Crippen LogP contribution is 2.19. The van der Waals surface area contributed by atoms with E-state index in [4.69, 9.17) is 0 Å². The summed E-state index contributed by atoms with van der Waals surface area (Å²) in [5, 5.41) is 17.2. The van der Waals surface area contributed by atoms with Gasteiger partial charge in [0, 0.05) is 26.3 Å². The highest BCUT2D eigenvalue weighted by molar-refractivity contribution is 5.79. The van der Waals surface area contributed by atoms with Gasteiger partial charge in [-0.25, -0.2) is 4.99 Å². The average molecular weight is 354 g/mol. The van der Waals surface area contributed by atoms with Crippen LogP contribution in [-0.2, 0) is 12.1 Å². The molecule has 2 aromatic rings. The number of hydrogen-bond acceptors (Lipinski definition) is 3. The van der Waals surface area contributed by atoms with Crippen molar-refractivity contribution in [3.8, 4) is 0 Å². The Labute approximate surface area is 156 Å². The molecule has 0 saturated heterocycles. The third-order valence-electron chi connectivity index (χ3n) is 4.19. The van der Waals surface area contributed by atoms with E-state index in [0.717, 1.165) is 23.4 Å². The van der Waals surface area contributed by atoms with Gasteiger partial charge in [-0.2, -0.15) is 0 Å². The van der Waals surface area contributed by atoms with Crippen LogP contribution in [0.5, 0.6) is 0 Å². The quantitative estimate of drug-likeness (QED) is 0.529. The van der Waals surface area contributed by atoms with Gasteiger partial charge in [-0.1, -0.05) is 42.5 Å².